The standard InChI is InChI=1S/C12H16N4O/c13-9-2-1-8(5-10(9)14)16-4-3-7-6-15-12(17)11(7)16/h1-2,5,7,11H,3-4,6,13-14H2,(H,15,17)/t7-,11-/m0/s1. The van der Waals surface area contributed by atoms with Crippen molar-refractivity contribution in [3.63, 3.8) is 0 Å². The molecule has 0 spiro atoms. The zero-order valence-electron chi connectivity index (χ0n) is 9.52. The maximum atomic E-state index is 11.8. The second-order valence-corrected chi connectivity index (χ2v) is 4.75. The summed E-state index contributed by atoms with van der Waals surface area (Å²) in [5, 5.41) is 2.91. The molecule has 2 aliphatic rings. The average Bonchev–Trinajstić information content (AvgIpc) is 2.86. The molecule has 3 rings (SSSR count). The Hall–Kier alpha value is -1.91. The zero-order valence-corrected chi connectivity index (χ0v) is 9.52. The summed E-state index contributed by atoms with van der Waals surface area (Å²) in [6.07, 6.45) is 1.05. The van der Waals surface area contributed by atoms with Crippen LogP contribution in [0.2, 0.25) is 0 Å². The van der Waals surface area contributed by atoms with Crippen molar-refractivity contribution in [3.8, 4) is 0 Å². The van der Waals surface area contributed by atoms with Crippen LogP contribution in [0.1, 0.15) is 6.42 Å². The van der Waals surface area contributed by atoms with E-state index in [2.05, 4.69) is 10.2 Å². The minimum Gasteiger partial charge on any atom is -0.397 e. The van der Waals surface area contributed by atoms with Crippen molar-refractivity contribution in [2.24, 2.45) is 5.92 Å². The summed E-state index contributed by atoms with van der Waals surface area (Å²) in [5.74, 6) is 0.559. The number of hydrogen-bond acceptors (Lipinski definition) is 4. The minimum absolute atomic E-state index is 0.0296. The first-order valence-electron chi connectivity index (χ1n) is 5.86. The van der Waals surface area contributed by atoms with E-state index in [1.165, 1.54) is 0 Å². The molecule has 1 amide bonds. The number of nitrogens with one attached hydrogen (secondary N) is 1. The number of rotatable bonds is 1. The van der Waals surface area contributed by atoms with E-state index in [1.807, 2.05) is 12.1 Å². The normalized spacial score (nSPS) is 27.1. The van der Waals surface area contributed by atoms with Gasteiger partial charge in [0.05, 0.1) is 11.4 Å². The predicted molar refractivity (Wildman–Crippen MR) is 67.5 cm³/mol. The van der Waals surface area contributed by atoms with Crippen LogP contribution in [0.4, 0.5) is 17.1 Å². The molecule has 2 fully saturated rings. The zero-order chi connectivity index (χ0) is 12.0. The Morgan fingerprint density at radius 1 is 1.29 bits per heavy atom. The number of nitrogens with two attached hydrogens (primary N) is 2. The Balaban J connectivity index is 1.93. The first-order valence-corrected chi connectivity index (χ1v) is 5.86. The van der Waals surface area contributed by atoms with Gasteiger partial charge in [0, 0.05) is 24.7 Å². The van der Waals surface area contributed by atoms with Crippen molar-refractivity contribution in [2.75, 3.05) is 29.5 Å². The molecule has 0 aliphatic carbocycles. The molecule has 5 nitrogen and oxygen atoms in total. The van der Waals surface area contributed by atoms with Gasteiger partial charge in [0.25, 0.3) is 0 Å². The highest BCUT2D eigenvalue weighted by Crippen LogP contribution is 2.34. The average molecular weight is 232 g/mol. The quantitative estimate of drug-likeness (QED) is 0.603. The van der Waals surface area contributed by atoms with Crippen molar-refractivity contribution in [1.82, 2.24) is 5.32 Å². The lowest BCUT2D eigenvalue weighted by Gasteiger charge is -2.24. The SMILES string of the molecule is Nc1ccc(N2CC[C@H]3CNC(=O)[C@H]32)cc1N. The third kappa shape index (κ3) is 1.50. The number of nitrogens with zero attached hydrogens (tertiary/aromatic N) is 1. The van der Waals surface area contributed by atoms with E-state index in [0.717, 1.165) is 25.2 Å². The highest BCUT2D eigenvalue weighted by atomic mass is 16.2. The predicted octanol–water partition coefficient (Wildman–Crippen LogP) is 0.176. The number of fused-ring (bicyclic) bond motifs is 1. The summed E-state index contributed by atoms with van der Waals surface area (Å²) in [6.45, 7) is 1.70. The van der Waals surface area contributed by atoms with Gasteiger partial charge in [0.15, 0.2) is 0 Å². The largest absolute Gasteiger partial charge is 0.397 e. The fourth-order valence-corrected chi connectivity index (χ4v) is 2.79. The molecular weight excluding hydrogens is 216 g/mol. The molecule has 5 heteroatoms. The van der Waals surface area contributed by atoms with Crippen LogP contribution in [-0.2, 0) is 4.79 Å². The molecular formula is C12H16N4O. The Labute approximate surface area is 99.8 Å². The van der Waals surface area contributed by atoms with Gasteiger partial charge in [-0.05, 0) is 24.6 Å². The summed E-state index contributed by atoms with van der Waals surface area (Å²) in [6, 6.07) is 5.55. The number of carbonyl (C=O) groups is 1. The van der Waals surface area contributed by atoms with Crippen molar-refractivity contribution < 1.29 is 4.79 Å². The van der Waals surface area contributed by atoms with Crippen LogP contribution < -0.4 is 21.7 Å². The van der Waals surface area contributed by atoms with Gasteiger partial charge in [0.2, 0.25) is 5.91 Å². The third-order valence-corrected chi connectivity index (χ3v) is 3.73. The van der Waals surface area contributed by atoms with Gasteiger partial charge >= 0.3 is 0 Å². The van der Waals surface area contributed by atoms with E-state index in [9.17, 15) is 4.79 Å². The van der Waals surface area contributed by atoms with Gasteiger partial charge in [0.1, 0.15) is 6.04 Å². The highest BCUT2D eigenvalue weighted by molar-refractivity contribution is 5.89. The van der Waals surface area contributed by atoms with Gasteiger partial charge in [-0.2, -0.15) is 0 Å². The minimum atomic E-state index is -0.0296. The molecule has 2 saturated heterocycles. The topological polar surface area (TPSA) is 84.4 Å². The molecule has 17 heavy (non-hydrogen) atoms. The fourth-order valence-electron chi connectivity index (χ4n) is 2.79. The molecule has 1 aromatic carbocycles. The molecule has 2 atom stereocenters. The maximum absolute atomic E-state index is 11.8. The summed E-state index contributed by atoms with van der Waals surface area (Å²) >= 11 is 0. The van der Waals surface area contributed by atoms with Crippen LogP contribution in [0.15, 0.2) is 18.2 Å². The molecule has 0 radical (unpaired) electrons. The number of carbonyl (C=O) groups excluding carboxylic acids is 1. The monoisotopic (exact) mass is 232 g/mol. The van der Waals surface area contributed by atoms with E-state index < -0.39 is 0 Å². The van der Waals surface area contributed by atoms with Crippen LogP contribution in [-0.4, -0.2) is 25.0 Å². The summed E-state index contributed by atoms with van der Waals surface area (Å²) in [5.41, 5.74) is 13.7. The molecule has 0 aromatic heterocycles. The van der Waals surface area contributed by atoms with Crippen molar-refractivity contribution in [2.45, 2.75) is 12.5 Å². The molecule has 0 bridgehead atoms. The number of anilines is 3. The van der Waals surface area contributed by atoms with Crippen LogP contribution in [0.25, 0.3) is 0 Å². The molecule has 5 N–H and O–H groups in total. The fraction of sp³-hybridized carbons (Fsp3) is 0.417. The highest BCUT2D eigenvalue weighted by Gasteiger charge is 2.43. The van der Waals surface area contributed by atoms with Crippen LogP contribution in [0.5, 0.6) is 0 Å². The second-order valence-electron chi connectivity index (χ2n) is 4.75. The van der Waals surface area contributed by atoms with Gasteiger partial charge in [-0.3, -0.25) is 4.79 Å². The third-order valence-electron chi connectivity index (χ3n) is 3.73. The lowest BCUT2D eigenvalue weighted by Crippen LogP contribution is -2.38. The van der Waals surface area contributed by atoms with E-state index in [1.54, 1.807) is 6.07 Å². The van der Waals surface area contributed by atoms with Gasteiger partial charge in [-0.1, -0.05) is 0 Å². The number of amides is 1. The lowest BCUT2D eigenvalue weighted by molar-refractivity contribution is -0.120. The van der Waals surface area contributed by atoms with E-state index >= 15 is 0 Å². The van der Waals surface area contributed by atoms with Crippen LogP contribution in [0.3, 0.4) is 0 Å². The smallest absolute Gasteiger partial charge is 0.243 e. The second kappa shape index (κ2) is 3.55. The molecule has 1 aromatic rings. The maximum Gasteiger partial charge on any atom is 0.243 e. The molecule has 90 valence electrons. The van der Waals surface area contributed by atoms with Crippen molar-refractivity contribution in [3.05, 3.63) is 18.2 Å². The van der Waals surface area contributed by atoms with Crippen LogP contribution in [0, 0.1) is 5.92 Å². The molecule has 2 aliphatic heterocycles. The van der Waals surface area contributed by atoms with E-state index in [4.69, 9.17) is 11.5 Å². The number of nitrogen functional groups attached to an aromatic ring is 2. The Bertz CT molecular complexity index is 474. The Morgan fingerprint density at radius 3 is 2.88 bits per heavy atom. The van der Waals surface area contributed by atoms with Crippen LogP contribution >= 0.6 is 0 Å². The van der Waals surface area contributed by atoms with Gasteiger partial charge < -0.3 is 21.7 Å². The van der Waals surface area contributed by atoms with Crippen molar-refractivity contribution in [1.29, 1.82) is 0 Å². The van der Waals surface area contributed by atoms with Crippen molar-refractivity contribution >= 4 is 23.0 Å². The van der Waals surface area contributed by atoms with E-state index in [0.29, 0.717) is 17.3 Å². The number of benzene rings is 1. The molecule has 2 heterocycles. The molecule has 0 unspecified atom stereocenters. The number of hydrogen-bond donors (Lipinski definition) is 3. The summed E-state index contributed by atoms with van der Waals surface area (Å²) < 4.78 is 0. The van der Waals surface area contributed by atoms with E-state index in [-0.39, 0.29) is 11.9 Å². The first kappa shape index (κ1) is 10.3. The first-order chi connectivity index (χ1) is 8.16. The Kier molecular flexibility index (Phi) is 2.14. The summed E-state index contributed by atoms with van der Waals surface area (Å²) in [4.78, 5) is 13.9. The molecule has 0 saturated carbocycles. The van der Waals surface area contributed by atoms with Gasteiger partial charge in [-0.15, -0.1) is 0 Å². The van der Waals surface area contributed by atoms with Gasteiger partial charge in [-0.25, -0.2) is 0 Å². The Morgan fingerprint density at radius 2 is 2.12 bits per heavy atom. The summed E-state index contributed by atoms with van der Waals surface area (Å²) in [7, 11) is 0. The lowest BCUT2D eigenvalue weighted by atomic mass is 10.0.